The van der Waals surface area contributed by atoms with Crippen molar-refractivity contribution in [2.45, 2.75) is 17.4 Å². The first-order valence-corrected chi connectivity index (χ1v) is 14.0. The fourth-order valence-electron chi connectivity index (χ4n) is 4.82. The van der Waals surface area contributed by atoms with Gasteiger partial charge in [0.15, 0.2) is 6.20 Å². The Morgan fingerprint density at radius 1 is 0.974 bits per heavy atom. The molecule has 0 spiro atoms. The van der Waals surface area contributed by atoms with Gasteiger partial charge < -0.3 is 15.8 Å². The number of benzene rings is 3. The van der Waals surface area contributed by atoms with E-state index in [2.05, 4.69) is 0 Å². The first-order valence-electron chi connectivity index (χ1n) is 12.2. The molecular weight excluding hydrogens is 540 g/mol. The molecule has 2 N–H and O–H groups in total. The van der Waals surface area contributed by atoms with E-state index in [1.54, 1.807) is 72.8 Å². The second-order valence-corrected chi connectivity index (χ2v) is 11.7. The number of carbonyl (C=O) groups is 2. The van der Waals surface area contributed by atoms with E-state index in [9.17, 15) is 23.2 Å². The molecule has 5 rings (SSSR count). The largest absolute Gasteiger partial charge is 0.618 e. The Bertz CT molecular complexity index is 1680. The van der Waals surface area contributed by atoms with Crippen molar-refractivity contribution in [3.05, 3.63) is 101 Å². The average molecular weight is 565 g/mol. The molecule has 2 amide bonds. The summed E-state index contributed by atoms with van der Waals surface area (Å²) >= 11 is 6.04. The van der Waals surface area contributed by atoms with Gasteiger partial charge in [-0.05, 0) is 65.4 Å². The second-order valence-electron chi connectivity index (χ2n) is 9.33. The number of carbonyl (C=O) groups excluding carboxylic acids is 2. The first kappa shape index (κ1) is 26.6. The topological polar surface area (TPSA) is 128 Å². The van der Waals surface area contributed by atoms with E-state index in [0.717, 1.165) is 15.5 Å². The lowest BCUT2D eigenvalue weighted by Gasteiger charge is -2.40. The van der Waals surface area contributed by atoms with Gasteiger partial charge in [-0.2, -0.15) is 9.04 Å². The van der Waals surface area contributed by atoms with Crippen molar-refractivity contribution in [1.82, 2.24) is 9.21 Å². The van der Waals surface area contributed by atoms with Gasteiger partial charge in [-0.3, -0.25) is 9.59 Å². The van der Waals surface area contributed by atoms with Gasteiger partial charge in [0.1, 0.15) is 0 Å². The van der Waals surface area contributed by atoms with Gasteiger partial charge >= 0.3 is 0 Å². The minimum absolute atomic E-state index is 0.0558. The van der Waals surface area contributed by atoms with E-state index in [1.165, 1.54) is 21.5 Å². The highest BCUT2D eigenvalue weighted by Gasteiger charge is 2.37. The van der Waals surface area contributed by atoms with Crippen LogP contribution in [0.4, 0.5) is 0 Å². The van der Waals surface area contributed by atoms with Gasteiger partial charge in [-0.1, -0.05) is 23.7 Å². The zero-order valence-electron chi connectivity index (χ0n) is 20.7. The van der Waals surface area contributed by atoms with Crippen LogP contribution in [0.2, 0.25) is 5.02 Å². The molecule has 1 saturated heterocycles. The average Bonchev–Trinajstić information content (AvgIpc) is 2.92. The maximum absolute atomic E-state index is 13.5. The van der Waals surface area contributed by atoms with Crippen molar-refractivity contribution in [2.24, 2.45) is 5.73 Å². The van der Waals surface area contributed by atoms with Crippen molar-refractivity contribution in [2.75, 3.05) is 19.6 Å². The number of nitrogens with zero attached hydrogens (tertiary/aromatic N) is 3. The summed E-state index contributed by atoms with van der Waals surface area (Å²) in [5, 5.41) is 14.2. The number of fused-ring (bicyclic) bond motifs is 1. The number of hydrogen-bond acceptors (Lipinski definition) is 5. The maximum Gasteiger partial charge on any atom is 0.254 e. The SMILES string of the molecule is NC(=O)CC1CN(S(=O)(=O)c2ccc3cc(Cl)ccc3c2)CCN1C(=O)c1ccc(-c2cccc[n+]2[O-])cc1. The molecule has 4 aromatic rings. The number of hydrogen-bond donors (Lipinski definition) is 1. The second kappa shape index (κ2) is 10.6. The lowest BCUT2D eigenvalue weighted by molar-refractivity contribution is -0.593. The number of aromatic nitrogens is 1. The zero-order valence-corrected chi connectivity index (χ0v) is 22.3. The Balaban J connectivity index is 1.38. The molecule has 39 heavy (non-hydrogen) atoms. The van der Waals surface area contributed by atoms with E-state index >= 15 is 0 Å². The minimum atomic E-state index is -3.91. The van der Waals surface area contributed by atoms with Gasteiger partial charge in [-0.25, -0.2) is 8.42 Å². The molecule has 1 fully saturated rings. The number of pyridine rings is 1. The minimum Gasteiger partial charge on any atom is -0.618 e. The van der Waals surface area contributed by atoms with Crippen LogP contribution in [-0.2, 0) is 14.8 Å². The van der Waals surface area contributed by atoms with E-state index in [1.807, 2.05) is 0 Å². The quantitative estimate of drug-likeness (QED) is 0.284. The van der Waals surface area contributed by atoms with Crippen molar-refractivity contribution in [3.63, 3.8) is 0 Å². The summed E-state index contributed by atoms with van der Waals surface area (Å²) < 4.78 is 29.1. The predicted molar refractivity (Wildman–Crippen MR) is 147 cm³/mol. The molecular formula is C28H25ClN4O5S. The van der Waals surface area contributed by atoms with Crippen LogP contribution in [0, 0.1) is 5.21 Å². The van der Waals surface area contributed by atoms with E-state index in [0.29, 0.717) is 21.8 Å². The van der Waals surface area contributed by atoms with Crippen LogP contribution in [0.1, 0.15) is 16.8 Å². The summed E-state index contributed by atoms with van der Waals surface area (Å²) in [4.78, 5) is 26.9. The van der Waals surface area contributed by atoms with Crippen LogP contribution in [0.25, 0.3) is 22.0 Å². The van der Waals surface area contributed by atoms with Crippen molar-refractivity contribution < 1.29 is 22.7 Å². The van der Waals surface area contributed by atoms with Crippen molar-refractivity contribution >= 4 is 44.2 Å². The van der Waals surface area contributed by atoms with Gasteiger partial charge in [0.25, 0.3) is 5.91 Å². The number of rotatable bonds is 6. The molecule has 0 saturated carbocycles. The molecule has 1 aliphatic heterocycles. The summed E-state index contributed by atoms with van der Waals surface area (Å²) in [6.07, 6.45) is 1.20. The lowest BCUT2D eigenvalue weighted by atomic mass is 10.0. The highest BCUT2D eigenvalue weighted by atomic mass is 35.5. The smallest absolute Gasteiger partial charge is 0.254 e. The maximum atomic E-state index is 13.5. The number of nitrogens with two attached hydrogens (primary N) is 1. The van der Waals surface area contributed by atoms with Crippen LogP contribution in [0.3, 0.4) is 0 Å². The van der Waals surface area contributed by atoms with Gasteiger partial charge in [0, 0.05) is 54.3 Å². The van der Waals surface area contributed by atoms with Crippen molar-refractivity contribution in [3.8, 4) is 11.3 Å². The number of halogens is 1. The molecule has 0 bridgehead atoms. The third kappa shape index (κ3) is 5.44. The Morgan fingerprint density at radius 2 is 1.69 bits per heavy atom. The molecule has 1 atom stereocenters. The van der Waals surface area contributed by atoms with Crippen LogP contribution in [-0.4, -0.2) is 55.1 Å². The molecule has 2 heterocycles. The molecule has 3 aromatic carbocycles. The Hall–Kier alpha value is -3.99. The molecule has 11 heteroatoms. The van der Waals surface area contributed by atoms with Crippen LogP contribution in [0.15, 0.2) is 90.0 Å². The fourth-order valence-corrected chi connectivity index (χ4v) is 6.51. The summed E-state index contributed by atoms with van der Waals surface area (Å²) in [7, 11) is -3.91. The Kier molecular flexibility index (Phi) is 7.26. The number of sulfonamides is 1. The molecule has 9 nitrogen and oxygen atoms in total. The molecule has 200 valence electrons. The molecule has 1 aliphatic rings. The van der Waals surface area contributed by atoms with E-state index in [-0.39, 0.29) is 36.9 Å². The fraction of sp³-hybridized carbons (Fsp3) is 0.179. The highest BCUT2D eigenvalue weighted by Crippen LogP contribution is 2.27. The molecule has 0 aliphatic carbocycles. The molecule has 1 unspecified atom stereocenters. The van der Waals surface area contributed by atoms with E-state index in [4.69, 9.17) is 17.3 Å². The third-order valence-electron chi connectivity index (χ3n) is 6.81. The molecule has 0 radical (unpaired) electrons. The predicted octanol–water partition coefficient (Wildman–Crippen LogP) is 3.18. The Morgan fingerprint density at radius 3 is 2.41 bits per heavy atom. The van der Waals surface area contributed by atoms with Gasteiger partial charge in [-0.15, -0.1) is 0 Å². The van der Waals surface area contributed by atoms with E-state index < -0.39 is 22.0 Å². The van der Waals surface area contributed by atoms with Gasteiger partial charge in [0.2, 0.25) is 21.6 Å². The van der Waals surface area contributed by atoms with Crippen LogP contribution < -0.4 is 10.5 Å². The summed E-state index contributed by atoms with van der Waals surface area (Å²) in [5.41, 5.74) is 6.91. The number of amides is 2. The van der Waals surface area contributed by atoms with Crippen LogP contribution >= 0.6 is 11.6 Å². The normalized spacial score (nSPS) is 16.3. The number of piperazine rings is 1. The monoisotopic (exact) mass is 564 g/mol. The highest BCUT2D eigenvalue weighted by molar-refractivity contribution is 7.89. The summed E-state index contributed by atoms with van der Waals surface area (Å²) in [6, 6.07) is 20.9. The summed E-state index contributed by atoms with van der Waals surface area (Å²) in [5.74, 6) is -0.991. The molecule has 1 aromatic heterocycles. The zero-order chi connectivity index (χ0) is 27.7. The standard InChI is InChI=1S/C28H25ClN4O5S/c29-23-10-8-22-16-25(11-9-21(22)15-23)39(37,38)31-13-14-32(24(18-31)17-27(30)34)28(35)20-6-4-19(5-7-20)26-3-1-2-12-33(26)36/h1-12,15-16,24H,13-14,17-18H2,(H2,30,34). The van der Waals surface area contributed by atoms with Gasteiger partial charge in [0.05, 0.1) is 10.9 Å². The first-order chi connectivity index (χ1) is 18.6. The Labute approximate surface area is 230 Å². The third-order valence-corrected chi connectivity index (χ3v) is 8.90. The van der Waals surface area contributed by atoms with Crippen molar-refractivity contribution in [1.29, 1.82) is 0 Å². The lowest BCUT2D eigenvalue weighted by Crippen LogP contribution is -2.57. The van der Waals surface area contributed by atoms with Crippen LogP contribution in [0.5, 0.6) is 0 Å². The summed E-state index contributed by atoms with van der Waals surface area (Å²) in [6.45, 7) is 0.0639. The number of primary amides is 1.